The maximum atomic E-state index is 13.0. The van der Waals surface area contributed by atoms with E-state index in [4.69, 9.17) is 0 Å². The van der Waals surface area contributed by atoms with E-state index in [1.54, 1.807) is 0 Å². The molecule has 0 aromatic heterocycles. The second kappa shape index (κ2) is 3.76. The molecule has 0 aliphatic heterocycles. The van der Waals surface area contributed by atoms with E-state index in [-0.39, 0.29) is 5.69 Å². The Morgan fingerprint density at radius 1 is 1.57 bits per heavy atom. The van der Waals surface area contributed by atoms with Crippen molar-refractivity contribution in [1.29, 1.82) is 0 Å². The van der Waals surface area contributed by atoms with Crippen molar-refractivity contribution in [3.63, 3.8) is 0 Å². The second-order valence-electron chi connectivity index (χ2n) is 2.55. The Balaban J connectivity index is 3.37. The number of hydrogen-bond donors (Lipinski definition) is 0. The number of nitro benzene ring substituents is 1. The predicted octanol–water partition coefficient (Wildman–Crippen LogP) is 2.01. The van der Waals surface area contributed by atoms with Gasteiger partial charge < -0.3 is 0 Å². The highest BCUT2D eigenvalue weighted by Crippen LogP contribution is 2.26. The minimum atomic E-state index is -1.02. The summed E-state index contributed by atoms with van der Waals surface area (Å²) < 4.78 is 13.0. The van der Waals surface area contributed by atoms with Gasteiger partial charge in [-0.2, -0.15) is 9.38 Å². The van der Waals surface area contributed by atoms with Crippen molar-refractivity contribution in [2.75, 3.05) is 0 Å². The Bertz CT molecular complexity index is 411. The molecule has 0 saturated carbocycles. The SMILES string of the molecule is Cc1cc([N+](=O)[O-])c(F)cc1N=C=O. The van der Waals surface area contributed by atoms with Crippen molar-refractivity contribution in [2.45, 2.75) is 6.92 Å². The molecule has 0 aliphatic carbocycles. The highest BCUT2D eigenvalue weighted by atomic mass is 19.1. The molecule has 5 nitrogen and oxygen atoms in total. The number of nitrogens with zero attached hydrogens (tertiary/aromatic N) is 2. The Kier molecular flexibility index (Phi) is 2.69. The molecular weight excluding hydrogens is 191 g/mol. The molecule has 0 heterocycles. The summed E-state index contributed by atoms with van der Waals surface area (Å²) in [6.45, 7) is 1.49. The van der Waals surface area contributed by atoms with Gasteiger partial charge in [0.2, 0.25) is 11.9 Å². The lowest BCUT2D eigenvalue weighted by molar-refractivity contribution is -0.387. The first-order chi connectivity index (χ1) is 6.56. The minimum Gasteiger partial charge on any atom is -0.258 e. The number of isocyanates is 1. The van der Waals surface area contributed by atoms with Crippen molar-refractivity contribution >= 4 is 17.5 Å². The molecule has 1 aromatic rings. The van der Waals surface area contributed by atoms with Crippen LogP contribution in [0.4, 0.5) is 15.8 Å². The molecule has 0 bridgehead atoms. The average molecular weight is 196 g/mol. The van der Waals surface area contributed by atoms with Gasteiger partial charge in [0.1, 0.15) is 0 Å². The van der Waals surface area contributed by atoms with Crippen LogP contribution in [0.25, 0.3) is 0 Å². The van der Waals surface area contributed by atoms with Crippen molar-refractivity contribution in [3.8, 4) is 0 Å². The number of halogens is 1. The minimum absolute atomic E-state index is 0.0445. The van der Waals surface area contributed by atoms with Crippen molar-refractivity contribution in [2.24, 2.45) is 4.99 Å². The lowest BCUT2D eigenvalue weighted by Crippen LogP contribution is -1.93. The topological polar surface area (TPSA) is 72.6 Å². The third-order valence-electron chi connectivity index (χ3n) is 1.63. The first-order valence-corrected chi connectivity index (χ1v) is 3.58. The van der Waals surface area contributed by atoms with Gasteiger partial charge in [-0.05, 0) is 12.5 Å². The molecule has 0 saturated heterocycles. The molecule has 0 amide bonds. The van der Waals surface area contributed by atoms with E-state index in [0.29, 0.717) is 5.56 Å². The number of hydrogen-bond acceptors (Lipinski definition) is 4. The second-order valence-corrected chi connectivity index (χ2v) is 2.55. The van der Waals surface area contributed by atoms with Crippen molar-refractivity contribution in [3.05, 3.63) is 33.6 Å². The van der Waals surface area contributed by atoms with Crippen LogP contribution >= 0.6 is 0 Å². The summed E-state index contributed by atoms with van der Waals surface area (Å²) in [6.07, 6.45) is 1.24. The zero-order valence-corrected chi connectivity index (χ0v) is 7.15. The largest absolute Gasteiger partial charge is 0.305 e. The standard InChI is InChI=1S/C8H5FN2O3/c1-5-2-8(11(13)14)6(9)3-7(5)10-4-12/h2-3H,1H3. The highest BCUT2D eigenvalue weighted by Gasteiger charge is 2.16. The number of aryl methyl sites for hydroxylation is 1. The van der Waals surface area contributed by atoms with E-state index in [0.717, 1.165) is 12.1 Å². The molecule has 1 aromatic carbocycles. The van der Waals surface area contributed by atoms with E-state index in [9.17, 15) is 19.3 Å². The molecule has 14 heavy (non-hydrogen) atoms. The third-order valence-corrected chi connectivity index (χ3v) is 1.63. The lowest BCUT2D eigenvalue weighted by atomic mass is 10.2. The van der Waals surface area contributed by atoms with Crippen LogP contribution in [0.1, 0.15) is 5.56 Å². The lowest BCUT2D eigenvalue weighted by Gasteiger charge is -1.98. The molecule has 72 valence electrons. The van der Waals surface area contributed by atoms with E-state index < -0.39 is 16.4 Å². The summed E-state index contributed by atoms with van der Waals surface area (Å²) in [6, 6.07) is 1.85. The Morgan fingerprint density at radius 2 is 2.21 bits per heavy atom. The normalized spacial score (nSPS) is 9.29. The zero-order valence-electron chi connectivity index (χ0n) is 7.15. The van der Waals surface area contributed by atoms with Gasteiger partial charge in [0, 0.05) is 12.1 Å². The van der Waals surface area contributed by atoms with Gasteiger partial charge in [-0.3, -0.25) is 10.1 Å². The van der Waals surface area contributed by atoms with Crippen LogP contribution < -0.4 is 0 Å². The average Bonchev–Trinajstić information content (AvgIpc) is 2.10. The summed E-state index contributed by atoms with van der Waals surface area (Å²) in [5.74, 6) is -1.02. The van der Waals surface area contributed by atoms with Crippen molar-refractivity contribution in [1.82, 2.24) is 0 Å². The summed E-state index contributed by atoms with van der Waals surface area (Å²) in [4.78, 5) is 22.6. The predicted molar refractivity (Wildman–Crippen MR) is 45.6 cm³/mol. The number of carbonyl (C=O) groups excluding carboxylic acids is 1. The molecule has 0 spiro atoms. The van der Waals surface area contributed by atoms with Gasteiger partial charge in [-0.25, -0.2) is 4.79 Å². The third kappa shape index (κ3) is 1.81. The van der Waals surface area contributed by atoms with Gasteiger partial charge >= 0.3 is 5.69 Å². The van der Waals surface area contributed by atoms with Gasteiger partial charge in [0.25, 0.3) is 0 Å². The Labute approximate surface area is 78.0 Å². The molecule has 0 atom stereocenters. The van der Waals surface area contributed by atoms with Crippen LogP contribution in [0.15, 0.2) is 17.1 Å². The molecule has 0 N–H and O–H groups in total. The number of aliphatic imine (C=N–C) groups is 1. The molecule has 0 fully saturated rings. The van der Waals surface area contributed by atoms with Gasteiger partial charge in [-0.1, -0.05) is 0 Å². The fourth-order valence-corrected chi connectivity index (χ4v) is 0.965. The van der Waals surface area contributed by atoms with Crippen molar-refractivity contribution < 1.29 is 14.1 Å². The fraction of sp³-hybridized carbons (Fsp3) is 0.125. The van der Waals surface area contributed by atoms with Gasteiger partial charge in [0.15, 0.2) is 0 Å². The smallest absolute Gasteiger partial charge is 0.258 e. The molecule has 0 aliphatic rings. The number of nitro groups is 1. The summed E-state index contributed by atoms with van der Waals surface area (Å²) in [5, 5.41) is 10.3. The first-order valence-electron chi connectivity index (χ1n) is 3.58. The van der Waals surface area contributed by atoms with Gasteiger partial charge in [-0.15, -0.1) is 0 Å². The van der Waals surface area contributed by atoms with E-state index in [1.165, 1.54) is 13.0 Å². The molecule has 0 radical (unpaired) electrons. The Hall–Kier alpha value is -2.07. The van der Waals surface area contributed by atoms with Crippen LogP contribution in [0, 0.1) is 22.9 Å². The number of benzene rings is 1. The maximum Gasteiger partial charge on any atom is 0.305 e. The summed E-state index contributed by atoms with van der Waals surface area (Å²) in [5.41, 5.74) is -0.239. The number of rotatable bonds is 2. The maximum absolute atomic E-state index is 13.0. The van der Waals surface area contributed by atoms with Crippen LogP contribution in [-0.4, -0.2) is 11.0 Å². The summed E-state index contributed by atoms with van der Waals surface area (Å²) >= 11 is 0. The van der Waals surface area contributed by atoms with Crippen LogP contribution in [0.3, 0.4) is 0 Å². The van der Waals surface area contributed by atoms with Crippen LogP contribution in [0.5, 0.6) is 0 Å². The van der Waals surface area contributed by atoms with E-state index in [2.05, 4.69) is 4.99 Å². The van der Waals surface area contributed by atoms with Crippen LogP contribution in [0.2, 0.25) is 0 Å². The van der Waals surface area contributed by atoms with Gasteiger partial charge in [0.05, 0.1) is 10.6 Å². The molecular formula is C8H5FN2O3. The van der Waals surface area contributed by atoms with E-state index in [1.807, 2.05) is 0 Å². The van der Waals surface area contributed by atoms with Crippen LogP contribution in [-0.2, 0) is 4.79 Å². The summed E-state index contributed by atoms with van der Waals surface area (Å²) in [7, 11) is 0. The highest BCUT2D eigenvalue weighted by molar-refractivity contribution is 5.57. The molecule has 1 rings (SSSR count). The quantitative estimate of drug-likeness (QED) is 0.314. The van der Waals surface area contributed by atoms with E-state index >= 15 is 0 Å². The zero-order chi connectivity index (χ0) is 10.7. The monoisotopic (exact) mass is 196 g/mol. The Morgan fingerprint density at radius 3 is 2.71 bits per heavy atom. The molecule has 0 unspecified atom stereocenters. The molecule has 6 heteroatoms. The first kappa shape index (κ1) is 10.0. The fourth-order valence-electron chi connectivity index (χ4n) is 0.965.